The van der Waals surface area contributed by atoms with Crippen molar-refractivity contribution in [3.05, 3.63) is 29.3 Å². The van der Waals surface area contributed by atoms with Crippen molar-refractivity contribution in [3.8, 4) is 0 Å². The van der Waals surface area contributed by atoms with Gasteiger partial charge in [0.05, 0.1) is 4.90 Å². The molecule has 7 heteroatoms. The van der Waals surface area contributed by atoms with Gasteiger partial charge in [-0.2, -0.15) is 0 Å². The number of hydrogen-bond acceptors (Lipinski definition) is 4. The molecule has 0 saturated heterocycles. The van der Waals surface area contributed by atoms with Crippen LogP contribution in [0.2, 0.25) is 0 Å². The zero-order valence-electron chi connectivity index (χ0n) is 13.9. The summed E-state index contributed by atoms with van der Waals surface area (Å²) in [5.74, 6) is -0.212. The second-order valence-corrected chi connectivity index (χ2v) is 8.67. The van der Waals surface area contributed by atoms with Crippen LogP contribution in [0.1, 0.15) is 54.4 Å². The van der Waals surface area contributed by atoms with Crippen LogP contribution in [0.4, 0.5) is 0 Å². The zero-order valence-corrected chi connectivity index (χ0v) is 14.7. The first-order valence-electron chi connectivity index (χ1n) is 8.54. The minimum Gasteiger partial charge on any atom is -0.349 e. The molecule has 0 aromatic heterocycles. The van der Waals surface area contributed by atoms with Crippen molar-refractivity contribution in [2.45, 2.75) is 68.5 Å². The quantitative estimate of drug-likeness (QED) is 0.747. The lowest BCUT2D eigenvalue weighted by Gasteiger charge is -2.27. The Morgan fingerprint density at radius 1 is 1.08 bits per heavy atom. The Labute approximate surface area is 143 Å². The summed E-state index contributed by atoms with van der Waals surface area (Å²) in [4.78, 5) is 12.7. The van der Waals surface area contributed by atoms with Gasteiger partial charge in [0, 0.05) is 23.7 Å². The van der Waals surface area contributed by atoms with Crippen LogP contribution in [0.3, 0.4) is 0 Å². The lowest BCUT2D eigenvalue weighted by Crippen LogP contribution is -2.40. The Hall–Kier alpha value is -1.44. The van der Waals surface area contributed by atoms with Crippen molar-refractivity contribution in [1.82, 2.24) is 10.0 Å². The molecular formula is C17H25N3O3S. The van der Waals surface area contributed by atoms with E-state index in [0.717, 1.165) is 44.1 Å². The lowest BCUT2D eigenvalue weighted by molar-refractivity contribution is 0.0925. The largest absolute Gasteiger partial charge is 0.349 e. The Kier molecular flexibility index (Phi) is 4.94. The van der Waals surface area contributed by atoms with Gasteiger partial charge in [0.1, 0.15) is 0 Å². The minimum atomic E-state index is -3.56. The Balaban J connectivity index is 1.74. The van der Waals surface area contributed by atoms with E-state index < -0.39 is 10.0 Å². The molecule has 2 aliphatic carbocycles. The molecule has 6 nitrogen and oxygen atoms in total. The van der Waals surface area contributed by atoms with Gasteiger partial charge in [-0.3, -0.25) is 4.79 Å². The molecule has 0 spiro atoms. The highest BCUT2D eigenvalue weighted by Gasteiger charge is 2.29. The first kappa shape index (κ1) is 17.4. The fourth-order valence-electron chi connectivity index (χ4n) is 3.03. The highest BCUT2D eigenvalue weighted by molar-refractivity contribution is 7.89. The first-order valence-corrected chi connectivity index (χ1v) is 10.0. The smallest absolute Gasteiger partial charge is 0.251 e. The van der Waals surface area contributed by atoms with Crippen LogP contribution < -0.4 is 15.8 Å². The molecular weight excluding hydrogens is 326 g/mol. The van der Waals surface area contributed by atoms with Gasteiger partial charge in [-0.25, -0.2) is 13.1 Å². The molecule has 1 amide bonds. The number of carbonyl (C=O) groups excluding carboxylic acids is 1. The molecule has 2 saturated carbocycles. The number of rotatable bonds is 5. The van der Waals surface area contributed by atoms with Gasteiger partial charge in [0.2, 0.25) is 10.0 Å². The number of sulfonamides is 1. The van der Waals surface area contributed by atoms with Gasteiger partial charge >= 0.3 is 0 Å². The molecule has 0 unspecified atom stereocenters. The molecule has 0 bridgehead atoms. The number of aryl methyl sites for hydroxylation is 1. The molecule has 0 radical (unpaired) electrons. The molecule has 1 aromatic rings. The maximum atomic E-state index is 12.6. The van der Waals surface area contributed by atoms with E-state index in [9.17, 15) is 13.2 Å². The third-order valence-electron chi connectivity index (χ3n) is 4.77. The normalized spacial score (nSPS) is 24.6. The molecule has 0 heterocycles. The van der Waals surface area contributed by atoms with Crippen LogP contribution in [-0.4, -0.2) is 32.5 Å². The fourth-order valence-corrected chi connectivity index (χ4v) is 4.36. The Bertz CT molecular complexity index is 721. The van der Waals surface area contributed by atoms with E-state index in [0.29, 0.717) is 5.56 Å². The molecule has 0 aliphatic heterocycles. The molecule has 2 fully saturated rings. The van der Waals surface area contributed by atoms with E-state index in [-0.39, 0.29) is 28.9 Å². The van der Waals surface area contributed by atoms with Crippen LogP contribution >= 0.6 is 0 Å². The van der Waals surface area contributed by atoms with E-state index in [2.05, 4.69) is 10.0 Å². The zero-order chi connectivity index (χ0) is 17.3. The second kappa shape index (κ2) is 6.82. The van der Waals surface area contributed by atoms with Gasteiger partial charge in [0.15, 0.2) is 0 Å². The number of carbonyl (C=O) groups is 1. The summed E-state index contributed by atoms with van der Waals surface area (Å²) < 4.78 is 27.3. The molecule has 3 rings (SSSR count). The van der Waals surface area contributed by atoms with Gasteiger partial charge in [0.25, 0.3) is 5.91 Å². The molecule has 24 heavy (non-hydrogen) atoms. The number of hydrogen-bond donors (Lipinski definition) is 3. The van der Waals surface area contributed by atoms with Gasteiger partial charge < -0.3 is 11.1 Å². The first-order chi connectivity index (χ1) is 11.3. The third kappa shape index (κ3) is 4.15. The highest BCUT2D eigenvalue weighted by Crippen LogP contribution is 2.24. The van der Waals surface area contributed by atoms with Crippen molar-refractivity contribution >= 4 is 15.9 Å². The Morgan fingerprint density at radius 3 is 2.33 bits per heavy atom. The SMILES string of the molecule is Cc1ccc(S(=O)(=O)NC2CC2)cc1C(=O)NC1CCC(N)CC1. The summed E-state index contributed by atoms with van der Waals surface area (Å²) in [5, 5.41) is 3.02. The summed E-state index contributed by atoms with van der Waals surface area (Å²) in [6.45, 7) is 1.82. The number of nitrogens with one attached hydrogen (secondary N) is 2. The van der Waals surface area contributed by atoms with Crippen LogP contribution in [0.15, 0.2) is 23.1 Å². The minimum absolute atomic E-state index is 0.0417. The highest BCUT2D eigenvalue weighted by atomic mass is 32.2. The van der Waals surface area contributed by atoms with Gasteiger partial charge in [-0.05, 0) is 63.1 Å². The van der Waals surface area contributed by atoms with E-state index in [1.165, 1.54) is 6.07 Å². The molecule has 132 valence electrons. The average Bonchev–Trinajstić information content (AvgIpc) is 3.33. The summed E-state index contributed by atoms with van der Waals surface area (Å²) in [6.07, 6.45) is 5.30. The van der Waals surface area contributed by atoms with Crippen molar-refractivity contribution < 1.29 is 13.2 Å². The molecule has 1 aromatic carbocycles. The second-order valence-electron chi connectivity index (χ2n) is 6.96. The van der Waals surface area contributed by atoms with E-state index in [1.54, 1.807) is 12.1 Å². The fraction of sp³-hybridized carbons (Fsp3) is 0.588. The summed E-state index contributed by atoms with van der Waals surface area (Å²) in [7, 11) is -3.56. The van der Waals surface area contributed by atoms with Crippen LogP contribution in [0.25, 0.3) is 0 Å². The topological polar surface area (TPSA) is 101 Å². The molecule has 2 aliphatic rings. The maximum Gasteiger partial charge on any atom is 0.251 e. The number of amides is 1. The summed E-state index contributed by atoms with van der Waals surface area (Å²) >= 11 is 0. The predicted octanol–water partition coefficient (Wildman–Crippen LogP) is 1.44. The molecule has 4 N–H and O–H groups in total. The predicted molar refractivity (Wildman–Crippen MR) is 92.2 cm³/mol. The van der Waals surface area contributed by atoms with Crippen LogP contribution in [0, 0.1) is 6.92 Å². The van der Waals surface area contributed by atoms with Crippen molar-refractivity contribution in [3.63, 3.8) is 0 Å². The Morgan fingerprint density at radius 2 is 1.71 bits per heavy atom. The monoisotopic (exact) mass is 351 g/mol. The maximum absolute atomic E-state index is 12.6. The summed E-state index contributed by atoms with van der Waals surface area (Å²) in [5.41, 5.74) is 7.08. The average molecular weight is 351 g/mol. The van der Waals surface area contributed by atoms with Gasteiger partial charge in [-0.1, -0.05) is 6.07 Å². The molecule has 0 atom stereocenters. The third-order valence-corrected chi connectivity index (χ3v) is 6.29. The number of nitrogens with two attached hydrogens (primary N) is 1. The summed E-state index contributed by atoms with van der Waals surface area (Å²) in [6, 6.07) is 5.09. The van der Waals surface area contributed by atoms with Crippen molar-refractivity contribution in [2.24, 2.45) is 5.73 Å². The van der Waals surface area contributed by atoms with E-state index in [1.807, 2.05) is 6.92 Å². The van der Waals surface area contributed by atoms with Gasteiger partial charge in [-0.15, -0.1) is 0 Å². The number of benzene rings is 1. The van der Waals surface area contributed by atoms with E-state index >= 15 is 0 Å². The van der Waals surface area contributed by atoms with Crippen molar-refractivity contribution in [1.29, 1.82) is 0 Å². The van der Waals surface area contributed by atoms with Crippen molar-refractivity contribution in [2.75, 3.05) is 0 Å². The lowest BCUT2D eigenvalue weighted by atomic mass is 9.91. The van der Waals surface area contributed by atoms with Crippen LogP contribution in [-0.2, 0) is 10.0 Å². The van der Waals surface area contributed by atoms with E-state index in [4.69, 9.17) is 5.73 Å². The standard InChI is InChI=1S/C17H25N3O3S/c1-11-2-9-15(24(22,23)20-14-7-8-14)10-16(11)17(21)19-13-5-3-12(18)4-6-13/h2,9-10,12-14,20H,3-8,18H2,1H3,(H,19,21). The van der Waals surface area contributed by atoms with Crippen LogP contribution in [0.5, 0.6) is 0 Å².